The Morgan fingerprint density at radius 1 is 0.971 bits per heavy atom. The molecule has 3 aromatic carbocycles. The van der Waals surface area contributed by atoms with Crippen LogP contribution in [0.25, 0.3) is 5.69 Å². The molecule has 0 aliphatic carbocycles. The number of hydrogen-bond acceptors (Lipinski definition) is 5. The quantitative estimate of drug-likeness (QED) is 0.295. The van der Waals surface area contributed by atoms with Gasteiger partial charge in [-0.1, -0.05) is 65.8 Å². The number of amides is 1. The van der Waals surface area contributed by atoms with Crippen molar-refractivity contribution in [2.75, 3.05) is 6.54 Å². The second-order valence-corrected chi connectivity index (χ2v) is 9.28. The summed E-state index contributed by atoms with van der Waals surface area (Å²) in [6.45, 7) is 0.593. The summed E-state index contributed by atoms with van der Waals surface area (Å²) in [6.07, 6.45) is 1.56. The molecule has 0 fully saturated rings. The Bertz CT molecular complexity index is 1320. The van der Waals surface area contributed by atoms with Gasteiger partial charge >= 0.3 is 0 Å². The summed E-state index contributed by atoms with van der Waals surface area (Å²) in [5, 5.41) is 22.3. The molecule has 0 saturated carbocycles. The van der Waals surface area contributed by atoms with Gasteiger partial charge in [-0.05, 0) is 53.9 Å². The Morgan fingerprint density at radius 3 is 2.51 bits per heavy atom. The minimum atomic E-state index is -0.0193. The van der Waals surface area contributed by atoms with Crippen molar-refractivity contribution in [1.29, 1.82) is 5.26 Å². The first kappa shape index (κ1) is 24.5. The van der Waals surface area contributed by atoms with Gasteiger partial charge in [0.25, 0.3) is 0 Å². The fourth-order valence-corrected chi connectivity index (χ4v) is 4.63. The lowest BCUT2D eigenvalue weighted by atomic mass is 10.1. The van der Waals surface area contributed by atoms with E-state index < -0.39 is 0 Å². The number of carbonyl (C=O) groups excluding carboxylic acids is 1. The maximum atomic E-state index is 12.5. The zero-order valence-corrected chi connectivity index (χ0v) is 20.6. The van der Waals surface area contributed by atoms with Crippen molar-refractivity contribution < 1.29 is 4.79 Å². The molecule has 8 heteroatoms. The van der Waals surface area contributed by atoms with Crippen LogP contribution >= 0.6 is 23.4 Å². The summed E-state index contributed by atoms with van der Waals surface area (Å²) in [5.41, 5.74) is 3.73. The summed E-state index contributed by atoms with van der Waals surface area (Å²) >= 11 is 7.62. The number of hydrogen-bond donors (Lipinski definition) is 1. The van der Waals surface area contributed by atoms with Gasteiger partial charge in [-0.25, -0.2) is 0 Å². The number of aryl methyl sites for hydroxylation is 1. The minimum Gasteiger partial charge on any atom is -0.356 e. The highest BCUT2D eigenvalue weighted by Gasteiger charge is 2.16. The second-order valence-electron chi connectivity index (χ2n) is 7.90. The number of benzene rings is 3. The molecule has 1 heterocycles. The lowest BCUT2D eigenvalue weighted by Gasteiger charge is -2.11. The van der Waals surface area contributed by atoms with Gasteiger partial charge in [-0.2, -0.15) is 5.26 Å². The van der Waals surface area contributed by atoms with E-state index in [0.717, 1.165) is 17.7 Å². The summed E-state index contributed by atoms with van der Waals surface area (Å²) in [4.78, 5) is 12.5. The van der Waals surface area contributed by atoms with Crippen LogP contribution in [0.2, 0.25) is 5.02 Å². The van der Waals surface area contributed by atoms with E-state index in [4.69, 9.17) is 16.9 Å². The molecule has 6 nitrogen and oxygen atoms in total. The molecular weight excluding hydrogens is 478 g/mol. The molecule has 0 atom stereocenters. The molecule has 1 amide bonds. The third-order valence-electron chi connectivity index (χ3n) is 5.36. The van der Waals surface area contributed by atoms with Crippen LogP contribution in [0.4, 0.5) is 0 Å². The van der Waals surface area contributed by atoms with Crippen LogP contribution < -0.4 is 5.32 Å². The van der Waals surface area contributed by atoms with Crippen LogP contribution in [0.3, 0.4) is 0 Å². The third-order valence-corrected chi connectivity index (χ3v) is 6.62. The Balaban J connectivity index is 1.43. The van der Waals surface area contributed by atoms with Crippen molar-refractivity contribution in [2.45, 2.75) is 30.2 Å². The molecule has 0 unspecified atom stereocenters. The summed E-state index contributed by atoms with van der Waals surface area (Å²) in [5.74, 6) is 1.33. The van der Waals surface area contributed by atoms with Crippen molar-refractivity contribution in [3.8, 4) is 11.8 Å². The molecular formula is C27H24ClN5OS. The van der Waals surface area contributed by atoms with E-state index >= 15 is 0 Å². The number of halogens is 1. The average Bonchev–Trinajstić information content (AvgIpc) is 3.30. The van der Waals surface area contributed by atoms with Gasteiger partial charge in [-0.15, -0.1) is 10.2 Å². The van der Waals surface area contributed by atoms with Crippen LogP contribution in [-0.2, 0) is 23.4 Å². The smallest absolute Gasteiger partial charge is 0.220 e. The maximum Gasteiger partial charge on any atom is 0.220 e. The lowest BCUT2D eigenvalue weighted by Crippen LogP contribution is -2.26. The van der Waals surface area contributed by atoms with E-state index in [-0.39, 0.29) is 5.91 Å². The average molecular weight is 502 g/mol. The van der Waals surface area contributed by atoms with Crippen LogP contribution in [-0.4, -0.2) is 27.2 Å². The molecule has 0 bridgehead atoms. The van der Waals surface area contributed by atoms with E-state index in [0.29, 0.717) is 46.7 Å². The van der Waals surface area contributed by atoms with Crippen LogP contribution in [0.5, 0.6) is 0 Å². The molecule has 0 aliphatic heterocycles. The first-order valence-electron chi connectivity index (χ1n) is 11.2. The number of carbonyl (C=O) groups is 1. The molecule has 1 aromatic heterocycles. The Morgan fingerprint density at radius 2 is 1.74 bits per heavy atom. The second kappa shape index (κ2) is 12.2. The van der Waals surface area contributed by atoms with Crippen LogP contribution in [0.15, 0.2) is 84.0 Å². The van der Waals surface area contributed by atoms with Crippen molar-refractivity contribution in [1.82, 2.24) is 20.1 Å². The Hall–Kier alpha value is -3.60. The Kier molecular flexibility index (Phi) is 8.55. The van der Waals surface area contributed by atoms with Gasteiger partial charge in [0.2, 0.25) is 5.91 Å². The molecule has 1 N–H and O–H groups in total. The van der Waals surface area contributed by atoms with E-state index in [9.17, 15) is 4.79 Å². The van der Waals surface area contributed by atoms with Gasteiger partial charge in [0.05, 0.1) is 11.6 Å². The fraction of sp³-hybridized carbons (Fsp3) is 0.185. The highest BCUT2D eigenvalue weighted by atomic mass is 35.5. The summed E-state index contributed by atoms with van der Waals surface area (Å²) < 4.78 is 1.96. The highest BCUT2D eigenvalue weighted by Crippen LogP contribution is 2.27. The molecule has 35 heavy (non-hydrogen) atoms. The zero-order chi connectivity index (χ0) is 24.5. The first-order valence-corrected chi connectivity index (χ1v) is 12.6. The van der Waals surface area contributed by atoms with E-state index in [2.05, 4.69) is 33.7 Å². The number of nitriles is 1. The first-order chi connectivity index (χ1) is 17.1. The minimum absolute atomic E-state index is 0.0193. The van der Waals surface area contributed by atoms with Crippen molar-refractivity contribution in [2.24, 2.45) is 0 Å². The standard InChI is InChI=1S/C27H24ClN5OS/c28-23-9-11-24(12-10-23)33-25(13-14-26(34)30-16-15-20-5-2-1-3-6-20)31-32-27(33)35-19-22-8-4-7-21(17-22)18-29/h1-12,17H,13-16,19H2,(H,30,34). The molecule has 4 rings (SSSR count). The maximum absolute atomic E-state index is 12.5. The molecule has 0 spiro atoms. The van der Waals surface area contributed by atoms with Gasteiger partial charge in [0.15, 0.2) is 5.16 Å². The third kappa shape index (κ3) is 6.95. The fourth-order valence-electron chi connectivity index (χ4n) is 3.59. The monoisotopic (exact) mass is 501 g/mol. The largest absolute Gasteiger partial charge is 0.356 e. The lowest BCUT2D eigenvalue weighted by molar-refractivity contribution is -0.121. The molecule has 0 radical (unpaired) electrons. The molecule has 176 valence electrons. The predicted octanol–water partition coefficient (Wildman–Crippen LogP) is 5.38. The van der Waals surface area contributed by atoms with E-state index in [1.54, 1.807) is 6.07 Å². The van der Waals surface area contributed by atoms with Gasteiger partial charge in [-0.3, -0.25) is 9.36 Å². The number of thioether (sulfide) groups is 1. The molecule has 0 aliphatic rings. The van der Waals surface area contributed by atoms with Gasteiger partial charge < -0.3 is 5.32 Å². The normalized spacial score (nSPS) is 10.6. The predicted molar refractivity (Wildman–Crippen MR) is 139 cm³/mol. The summed E-state index contributed by atoms with van der Waals surface area (Å²) in [7, 11) is 0. The van der Waals surface area contributed by atoms with E-state index in [1.807, 2.05) is 65.2 Å². The zero-order valence-electron chi connectivity index (χ0n) is 19.0. The number of nitrogens with zero attached hydrogens (tertiary/aromatic N) is 4. The van der Waals surface area contributed by atoms with Gasteiger partial charge in [0, 0.05) is 35.8 Å². The van der Waals surface area contributed by atoms with Crippen molar-refractivity contribution in [3.05, 3.63) is 106 Å². The topological polar surface area (TPSA) is 83.6 Å². The van der Waals surface area contributed by atoms with Gasteiger partial charge in [0.1, 0.15) is 5.82 Å². The SMILES string of the molecule is N#Cc1cccc(CSc2nnc(CCC(=O)NCCc3ccccc3)n2-c2ccc(Cl)cc2)c1. The highest BCUT2D eigenvalue weighted by molar-refractivity contribution is 7.98. The van der Waals surface area contributed by atoms with Crippen LogP contribution in [0.1, 0.15) is 28.9 Å². The number of rotatable bonds is 10. The number of nitrogens with one attached hydrogen (secondary N) is 1. The summed E-state index contributed by atoms with van der Waals surface area (Å²) in [6, 6.07) is 27.2. The van der Waals surface area contributed by atoms with Crippen LogP contribution in [0, 0.1) is 11.3 Å². The van der Waals surface area contributed by atoms with E-state index in [1.165, 1.54) is 17.3 Å². The van der Waals surface area contributed by atoms with Crippen molar-refractivity contribution >= 4 is 29.3 Å². The Labute approximate surface area is 214 Å². The number of aromatic nitrogens is 3. The molecule has 0 saturated heterocycles. The molecule has 4 aromatic rings. The van der Waals surface area contributed by atoms with Crippen molar-refractivity contribution in [3.63, 3.8) is 0 Å².